The Morgan fingerprint density at radius 2 is 1.95 bits per heavy atom. The van der Waals surface area contributed by atoms with Crippen molar-refractivity contribution in [2.75, 3.05) is 5.32 Å². The van der Waals surface area contributed by atoms with Crippen LogP contribution in [0.4, 0.5) is 10.1 Å². The molecule has 212 valence electrons. The second-order valence-electron chi connectivity index (χ2n) is 13.1. The molecular weight excluding hydrogens is 521 g/mol. The van der Waals surface area contributed by atoms with E-state index in [1.807, 2.05) is 12.1 Å². The molecule has 4 aliphatic carbocycles. The van der Waals surface area contributed by atoms with Gasteiger partial charge < -0.3 is 10.6 Å². The quantitative estimate of drug-likeness (QED) is 0.379. The van der Waals surface area contributed by atoms with E-state index in [9.17, 15) is 14.4 Å². The summed E-state index contributed by atoms with van der Waals surface area (Å²) in [5.41, 5.74) is 2.94. The molecule has 2 aromatic carbocycles. The van der Waals surface area contributed by atoms with E-state index < -0.39 is 11.9 Å². The molecule has 9 heteroatoms. The SMILES string of the molecule is Cc1nc2cccc(NCc3ccc(CNC45CC6CC7CC(C4)C75C6)cc3F)c2c(=O)n1C1CCC(=O)NC1=O. The van der Waals surface area contributed by atoms with Crippen molar-refractivity contribution in [1.82, 2.24) is 20.2 Å². The van der Waals surface area contributed by atoms with E-state index in [4.69, 9.17) is 0 Å². The molecule has 0 radical (unpaired) electrons. The van der Waals surface area contributed by atoms with Crippen LogP contribution in [-0.2, 0) is 22.7 Å². The predicted octanol–water partition coefficient (Wildman–Crippen LogP) is 4.10. The van der Waals surface area contributed by atoms with Crippen LogP contribution in [0.15, 0.2) is 41.2 Å². The Kier molecular flexibility index (Phi) is 5.34. The minimum atomic E-state index is -0.802. The van der Waals surface area contributed by atoms with Gasteiger partial charge in [0.1, 0.15) is 17.7 Å². The van der Waals surface area contributed by atoms with E-state index in [1.54, 1.807) is 31.2 Å². The molecule has 1 spiro atoms. The first kappa shape index (κ1) is 25.1. The van der Waals surface area contributed by atoms with Crippen LogP contribution in [0.3, 0.4) is 0 Å². The number of aromatic nitrogens is 2. The van der Waals surface area contributed by atoms with Crippen LogP contribution in [0, 0.1) is 35.9 Å². The lowest BCUT2D eigenvalue weighted by Gasteiger charge is -2.73. The Bertz CT molecular complexity index is 1700. The molecule has 41 heavy (non-hydrogen) atoms. The summed E-state index contributed by atoms with van der Waals surface area (Å²) in [5.74, 6) is 2.00. The second-order valence-corrected chi connectivity index (χ2v) is 13.1. The lowest BCUT2D eigenvalue weighted by Crippen LogP contribution is -2.75. The first-order chi connectivity index (χ1) is 19.8. The number of nitrogens with one attached hydrogen (secondary N) is 3. The summed E-state index contributed by atoms with van der Waals surface area (Å²) >= 11 is 0. The smallest absolute Gasteiger partial charge is 0.264 e. The molecule has 4 saturated carbocycles. The number of aryl methyl sites for hydroxylation is 1. The van der Waals surface area contributed by atoms with Crippen LogP contribution in [0.2, 0.25) is 0 Å². The largest absolute Gasteiger partial charge is 0.380 e. The summed E-state index contributed by atoms with van der Waals surface area (Å²) in [6.45, 7) is 2.57. The molecule has 3 aromatic rings. The number of rotatable bonds is 7. The first-order valence-electron chi connectivity index (χ1n) is 14.9. The maximum Gasteiger partial charge on any atom is 0.264 e. The molecule has 1 saturated heterocycles. The first-order valence-corrected chi connectivity index (χ1v) is 14.9. The number of benzene rings is 2. The van der Waals surface area contributed by atoms with Gasteiger partial charge in [0.15, 0.2) is 0 Å². The summed E-state index contributed by atoms with van der Waals surface area (Å²) in [6, 6.07) is 9.95. The summed E-state index contributed by atoms with van der Waals surface area (Å²) in [4.78, 5) is 42.4. The third kappa shape index (κ3) is 3.47. The number of hydrogen-bond donors (Lipinski definition) is 3. The summed E-state index contributed by atoms with van der Waals surface area (Å²) in [7, 11) is 0. The van der Waals surface area contributed by atoms with Crippen LogP contribution in [-0.4, -0.2) is 26.9 Å². The lowest BCUT2D eigenvalue weighted by molar-refractivity contribution is -0.207. The van der Waals surface area contributed by atoms with E-state index in [2.05, 4.69) is 20.9 Å². The highest BCUT2D eigenvalue weighted by Crippen LogP contribution is 2.82. The summed E-state index contributed by atoms with van der Waals surface area (Å²) in [6.07, 6.45) is 7.22. The van der Waals surface area contributed by atoms with Crippen LogP contribution in [0.25, 0.3) is 10.9 Å². The number of amides is 2. The average molecular weight is 556 g/mol. The van der Waals surface area contributed by atoms with Gasteiger partial charge in [0.25, 0.3) is 5.56 Å². The summed E-state index contributed by atoms with van der Waals surface area (Å²) in [5, 5.41) is 9.78. The van der Waals surface area contributed by atoms with Gasteiger partial charge in [-0.05, 0) is 92.4 Å². The van der Waals surface area contributed by atoms with Gasteiger partial charge in [0, 0.05) is 36.3 Å². The standard InChI is InChI=1S/C32H34FN5O3/c1-17-36-25-4-2-3-24(28(25)30(41)38(17)26-7-8-27(39)37-29(26)40)34-16-20-6-5-18(10-23(20)33)15-35-31-12-19-9-21-11-22(14-31)32(21,31)13-19/h2-6,10,19,21-22,26,34-35H,7-9,11-16H2,1H3,(H,37,39,40). The Labute approximate surface area is 237 Å². The molecule has 8 nitrogen and oxygen atoms in total. The molecule has 5 fully saturated rings. The minimum Gasteiger partial charge on any atom is -0.380 e. The molecule has 1 aliphatic heterocycles. The molecule has 2 amide bonds. The highest BCUT2D eigenvalue weighted by molar-refractivity contribution is 5.99. The fourth-order valence-electron chi connectivity index (χ4n) is 9.59. The van der Waals surface area contributed by atoms with Gasteiger partial charge >= 0.3 is 0 Å². The third-order valence-electron chi connectivity index (χ3n) is 11.2. The zero-order valence-corrected chi connectivity index (χ0v) is 23.1. The fraction of sp³-hybridized carbons (Fsp3) is 0.500. The minimum absolute atomic E-state index is 0.161. The Morgan fingerprint density at radius 1 is 1.07 bits per heavy atom. The number of fused-ring (bicyclic) bond motifs is 2. The average Bonchev–Trinajstić information content (AvgIpc) is 3.42. The van der Waals surface area contributed by atoms with Crippen molar-refractivity contribution in [1.29, 1.82) is 0 Å². The summed E-state index contributed by atoms with van der Waals surface area (Å²) < 4.78 is 16.6. The maximum absolute atomic E-state index is 15.3. The zero-order valence-electron chi connectivity index (χ0n) is 23.1. The van der Waals surface area contributed by atoms with E-state index in [1.165, 1.54) is 36.7 Å². The molecule has 8 rings (SSSR count). The van der Waals surface area contributed by atoms with Crippen molar-refractivity contribution >= 4 is 28.4 Å². The highest BCUT2D eigenvalue weighted by atomic mass is 19.1. The van der Waals surface area contributed by atoms with Gasteiger partial charge in [-0.15, -0.1) is 0 Å². The van der Waals surface area contributed by atoms with Gasteiger partial charge in [-0.1, -0.05) is 18.2 Å². The van der Waals surface area contributed by atoms with E-state index in [0.29, 0.717) is 39.9 Å². The fourth-order valence-corrected chi connectivity index (χ4v) is 9.59. The van der Waals surface area contributed by atoms with Gasteiger partial charge in [-0.3, -0.25) is 24.3 Å². The van der Waals surface area contributed by atoms with Crippen LogP contribution < -0.4 is 21.5 Å². The zero-order chi connectivity index (χ0) is 28.1. The van der Waals surface area contributed by atoms with Gasteiger partial charge in [0.05, 0.1) is 10.9 Å². The van der Waals surface area contributed by atoms with E-state index >= 15 is 4.39 Å². The van der Waals surface area contributed by atoms with Crippen molar-refractivity contribution in [3.63, 3.8) is 0 Å². The highest BCUT2D eigenvalue weighted by Gasteiger charge is 2.80. The molecule has 2 bridgehead atoms. The van der Waals surface area contributed by atoms with Crippen molar-refractivity contribution < 1.29 is 14.0 Å². The van der Waals surface area contributed by atoms with E-state index in [-0.39, 0.29) is 42.2 Å². The number of hydrogen-bond acceptors (Lipinski definition) is 6. The number of anilines is 1. The normalized spacial score (nSPS) is 32.8. The molecule has 5 aliphatic rings. The number of piperidine rings is 1. The lowest BCUT2D eigenvalue weighted by atomic mass is 9.35. The van der Waals surface area contributed by atoms with Gasteiger partial charge in [-0.25, -0.2) is 9.37 Å². The van der Waals surface area contributed by atoms with Crippen LogP contribution in [0.1, 0.15) is 67.9 Å². The van der Waals surface area contributed by atoms with Crippen molar-refractivity contribution in [2.24, 2.45) is 23.2 Å². The van der Waals surface area contributed by atoms with Crippen molar-refractivity contribution in [3.8, 4) is 0 Å². The number of imide groups is 1. The van der Waals surface area contributed by atoms with Crippen LogP contribution >= 0.6 is 0 Å². The van der Waals surface area contributed by atoms with E-state index in [0.717, 1.165) is 23.3 Å². The molecule has 6 atom stereocenters. The molecule has 1 aromatic heterocycles. The van der Waals surface area contributed by atoms with Gasteiger partial charge in [-0.2, -0.15) is 0 Å². The number of carbonyl (C=O) groups is 2. The monoisotopic (exact) mass is 555 g/mol. The van der Waals surface area contributed by atoms with Crippen molar-refractivity contribution in [3.05, 3.63) is 69.5 Å². The Balaban J connectivity index is 1.00. The molecule has 3 N–H and O–H groups in total. The number of nitrogens with zero attached hydrogens (tertiary/aromatic N) is 2. The maximum atomic E-state index is 15.3. The predicted molar refractivity (Wildman–Crippen MR) is 151 cm³/mol. The third-order valence-corrected chi connectivity index (χ3v) is 11.2. The molecular formula is C32H34FN5O3. The number of halogens is 1. The number of carbonyl (C=O) groups excluding carboxylic acids is 2. The van der Waals surface area contributed by atoms with Crippen LogP contribution in [0.5, 0.6) is 0 Å². The molecule has 2 heterocycles. The van der Waals surface area contributed by atoms with Crippen molar-refractivity contribution in [2.45, 2.75) is 76.5 Å². The Morgan fingerprint density at radius 3 is 2.73 bits per heavy atom. The molecule has 6 unspecified atom stereocenters. The Hall–Kier alpha value is -3.59. The topological polar surface area (TPSA) is 105 Å². The van der Waals surface area contributed by atoms with Gasteiger partial charge in [0.2, 0.25) is 11.8 Å². The second kappa shape index (κ2) is 8.71.